The third-order valence-electron chi connectivity index (χ3n) is 1.48. The molecule has 1 atom stereocenters. The summed E-state index contributed by atoms with van der Waals surface area (Å²) >= 11 is 0. The molecule has 1 fully saturated rings. The smallest absolute Gasteiger partial charge is 0.243 e. The van der Waals surface area contributed by atoms with Gasteiger partial charge in [0.05, 0.1) is 13.0 Å². The number of rotatable bonds is 2. The van der Waals surface area contributed by atoms with Gasteiger partial charge in [0.25, 0.3) is 0 Å². The standard InChI is InChI=1S/C6H9N3O3/c7-4(10)1-3-6(12)8-2-5(11)9-3/h3H,1-2H2,(H2,7,10)(H,8,12)(H,9,11). The van der Waals surface area contributed by atoms with Gasteiger partial charge >= 0.3 is 0 Å². The van der Waals surface area contributed by atoms with E-state index < -0.39 is 11.9 Å². The summed E-state index contributed by atoms with van der Waals surface area (Å²) in [4.78, 5) is 32.1. The largest absolute Gasteiger partial charge is 0.370 e. The number of carbonyl (C=O) groups excluding carboxylic acids is 3. The molecule has 0 radical (unpaired) electrons. The monoisotopic (exact) mass is 171 g/mol. The third-order valence-corrected chi connectivity index (χ3v) is 1.48. The number of primary amides is 1. The van der Waals surface area contributed by atoms with Gasteiger partial charge < -0.3 is 16.4 Å². The summed E-state index contributed by atoms with van der Waals surface area (Å²) in [7, 11) is 0. The number of amides is 3. The van der Waals surface area contributed by atoms with Crippen LogP contribution in [0.3, 0.4) is 0 Å². The van der Waals surface area contributed by atoms with Crippen molar-refractivity contribution in [1.29, 1.82) is 0 Å². The van der Waals surface area contributed by atoms with E-state index in [1.54, 1.807) is 0 Å². The maximum absolute atomic E-state index is 10.9. The summed E-state index contributed by atoms with van der Waals surface area (Å²) in [5, 5.41) is 4.67. The fourth-order valence-corrected chi connectivity index (χ4v) is 0.946. The first kappa shape index (κ1) is 8.51. The zero-order valence-corrected chi connectivity index (χ0v) is 6.29. The van der Waals surface area contributed by atoms with Gasteiger partial charge in [-0.3, -0.25) is 14.4 Å². The molecule has 3 amide bonds. The fourth-order valence-electron chi connectivity index (χ4n) is 0.946. The van der Waals surface area contributed by atoms with Gasteiger partial charge in [-0.25, -0.2) is 0 Å². The Morgan fingerprint density at radius 3 is 2.83 bits per heavy atom. The van der Waals surface area contributed by atoms with E-state index >= 15 is 0 Å². The van der Waals surface area contributed by atoms with Crippen LogP contribution in [0.25, 0.3) is 0 Å². The van der Waals surface area contributed by atoms with E-state index in [0.29, 0.717) is 0 Å². The molecule has 1 aliphatic rings. The van der Waals surface area contributed by atoms with Crippen molar-refractivity contribution in [1.82, 2.24) is 10.6 Å². The molecule has 0 aromatic heterocycles. The van der Waals surface area contributed by atoms with Crippen LogP contribution < -0.4 is 16.4 Å². The number of piperazine rings is 1. The summed E-state index contributed by atoms with van der Waals surface area (Å²) in [5.74, 6) is -1.29. The van der Waals surface area contributed by atoms with Crippen molar-refractivity contribution in [3.63, 3.8) is 0 Å². The molecule has 0 aromatic carbocycles. The molecular formula is C6H9N3O3. The van der Waals surface area contributed by atoms with Gasteiger partial charge in [0.1, 0.15) is 6.04 Å². The van der Waals surface area contributed by atoms with E-state index in [-0.39, 0.29) is 24.8 Å². The molecule has 0 spiro atoms. The number of hydrogen-bond donors (Lipinski definition) is 3. The van der Waals surface area contributed by atoms with Gasteiger partial charge in [0.15, 0.2) is 0 Å². The summed E-state index contributed by atoms with van der Waals surface area (Å²) in [6.45, 7) is -0.0336. The SMILES string of the molecule is NC(=O)CC1NC(=O)CNC1=O. The molecule has 6 nitrogen and oxygen atoms in total. The molecule has 1 aliphatic heterocycles. The van der Waals surface area contributed by atoms with Crippen LogP contribution in [-0.4, -0.2) is 30.3 Å². The maximum atomic E-state index is 10.9. The predicted octanol–water partition coefficient (Wildman–Crippen LogP) is -2.52. The number of nitrogens with one attached hydrogen (secondary N) is 2. The number of nitrogens with two attached hydrogens (primary N) is 1. The molecule has 0 aromatic rings. The lowest BCUT2D eigenvalue weighted by atomic mass is 10.1. The van der Waals surface area contributed by atoms with Crippen molar-refractivity contribution >= 4 is 17.7 Å². The van der Waals surface area contributed by atoms with Crippen molar-refractivity contribution in [3.05, 3.63) is 0 Å². The highest BCUT2D eigenvalue weighted by atomic mass is 16.2. The quantitative estimate of drug-likeness (QED) is 0.427. The fraction of sp³-hybridized carbons (Fsp3) is 0.500. The topological polar surface area (TPSA) is 101 Å². The Hall–Kier alpha value is -1.59. The molecule has 66 valence electrons. The first-order valence-electron chi connectivity index (χ1n) is 3.45. The molecule has 12 heavy (non-hydrogen) atoms. The van der Waals surface area contributed by atoms with Crippen molar-refractivity contribution in [3.8, 4) is 0 Å². The lowest BCUT2D eigenvalue weighted by molar-refractivity contribution is -0.135. The van der Waals surface area contributed by atoms with E-state index in [1.807, 2.05) is 0 Å². The lowest BCUT2D eigenvalue weighted by Crippen LogP contribution is -2.57. The van der Waals surface area contributed by atoms with Gasteiger partial charge in [-0.1, -0.05) is 0 Å². The summed E-state index contributed by atoms with van der Waals surface area (Å²) in [6.07, 6.45) is -0.155. The van der Waals surface area contributed by atoms with E-state index in [0.717, 1.165) is 0 Å². The van der Waals surface area contributed by atoms with E-state index in [1.165, 1.54) is 0 Å². The van der Waals surface area contributed by atoms with Gasteiger partial charge in [-0.15, -0.1) is 0 Å². The normalized spacial score (nSPS) is 22.8. The van der Waals surface area contributed by atoms with Crippen molar-refractivity contribution < 1.29 is 14.4 Å². The first-order chi connectivity index (χ1) is 5.59. The molecule has 1 unspecified atom stereocenters. The lowest BCUT2D eigenvalue weighted by Gasteiger charge is -2.21. The van der Waals surface area contributed by atoms with Crippen LogP contribution in [0.4, 0.5) is 0 Å². The van der Waals surface area contributed by atoms with Crippen LogP contribution >= 0.6 is 0 Å². The third kappa shape index (κ3) is 1.94. The van der Waals surface area contributed by atoms with Gasteiger partial charge in [0, 0.05) is 0 Å². The Labute approximate surface area is 68.5 Å². The molecule has 4 N–H and O–H groups in total. The Kier molecular flexibility index (Phi) is 2.27. The average Bonchev–Trinajstić information content (AvgIpc) is 1.96. The zero-order chi connectivity index (χ0) is 9.14. The highest BCUT2D eigenvalue weighted by Crippen LogP contribution is 1.95. The minimum Gasteiger partial charge on any atom is -0.370 e. The van der Waals surface area contributed by atoms with Gasteiger partial charge in [-0.2, -0.15) is 0 Å². The van der Waals surface area contributed by atoms with Crippen molar-refractivity contribution in [2.24, 2.45) is 5.73 Å². The zero-order valence-electron chi connectivity index (χ0n) is 6.29. The predicted molar refractivity (Wildman–Crippen MR) is 38.8 cm³/mol. The van der Waals surface area contributed by atoms with Crippen LogP contribution in [0, 0.1) is 0 Å². The van der Waals surface area contributed by atoms with E-state index in [9.17, 15) is 14.4 Å². The Morgan fingerprint density at radius 2 is 2.25 bits per heavy atom. The van der Waals surface area contributed by atoms with Crippen LogP contribution in [0.5, 0.6) is 0 Å². The highest BCUT2D eigenvalue weighted by molar-refractivity contribution is 5.97. The summed E-state index contributed by atoms with van der Waals surface area (Å²) < 4.78 is 0. The van der Waals surface area contributed by atoms with E-state index in [4.69, 9.17) is 5.73 Å². The van der Waals surface area contributed by atoms with Gasteiger partial charge in [0.2, 0.25) is 17.7 Å². The Balaban J connectivity index is 2.55. The molecule has 0 aliphatic carbocycles. The van der Waals surface area contributed by atoms with Crippen LogP contribution in [0.15, 0.2) is 0 Å². The molecule has 1 rings (SSSR count). The minimum atomic E-state index is -0.802. The molecule has 6 heteroatoms. The van der Waals surface area contributed by atoms with Crippen molar-refractivity contribution in [2.75, 3.05) is 6.54 Å². The summed E-state index contributed by atoms with van der Waals surface area (Å²) in [5.41, 5.74) is 4.86. The molecular weight excluding hydrogens is 162 g/mol. The second-order valence-corrected chi connectivity index (χ2v) is 2.51. The van der Waals surface area contributed by atoms with Crippen LogP contribution in [0.2, 0.25) is 0 Å². The van der Waals surface area contributed by atoms with Crippen molar-refractivity contribution in [2.45, 2.75) is 12.5 Å². The van der Waals surface area contributed by atoms with Crippen LogP contribution in [0.1, 0.15) is 6.42 Å². The Bertz CT molecular complexity index is 236. The first-order valence-corrected chi connectivity index (χ1v) is 3.45. The van der Waals surface area contributed by atoms with Gasteiger partial charge in [-0.05, 0) is 0 Å². The molecule has 0 bridgehead atoms. The number of carbonyl (C=O) groups is 3. The van der Waals surface area contributed by atoms with E-state index in [2.05, 4.69) is 10.6 Å². The molecule has 1 saturated heterocycles. The average molecular weight is 171 g/mol. The minimum absolute atomic E-state index is 0.0336. The highest BCUT2D eigenvalue weighted by Gasteiger charge is 2.26. The van der Waals surface area contributed by atoms with Crippen LogP contribution in [-0.2, 0) is 14.4 Å². The maximum Gasteiger partial charge on any atom is 0.243 e. The second-order valence-electron chi connectivity index (χ2n) is 2.51. The second kappa shape index (κ2) is 3.21. The molecule has 1 heterocycles. The molecule has 0 saturated carbocycles. The Morgan fingerprint density at radius 1 is 1.58 bits per heavy atom. The number of hydrogen-bond acceptors (Lipinski definition) is 3. The summed E-state index contributed by atoms with van der Waals surface area (Å²) in [6, 6.07) is -0.802.